The van der Waals surface area contributed by atoms with Gasteiger partial charge in [0.25, 0.3) is 0 Å². The maximum absolute atomic E-state index is 10.5. The third-order valence-electron chi connectivity index (χ3n) is 0.855. The zero-order valence-corrected chi connectivity index (χ0v) is 7.10. The van der Waals surface area contributed by atoms with Crippen molar-refractivity contribution in [2.24, 2.45) is 0 Å². The Morgan fingerprint density at radius 2 is 2.27 bits per heavy atom. The molecule has 0 spiro atoms. The summed E-state index contributed by atoms with van der Waals surface area (Å²) in [6.07, 6.45) is 3.84. The van der Waals surface area contributed by atoms with Crippen LogP contribution in [-0.4, -0.2) is 30.9 Å². The first kappa shape index (κ1) is 10.2. The van der Waals surface area contributed by atoms with Crippen LogP contribution >= 0.6 is 11.8 Å². The van der Waals surface area contributed by atoms with E-state index in [1.165, 1.54) is 24.9 Å². The zero-order valence-electron chi connectivity index (χ0n) is 6.28. The summed E-state index contributed by atoms with van der Waals surface area (Å²) >= 11 is 1.44. The van der Waals surface area contributed by atoms with Crippen LogP contribution in [0.1, 0.15) is 0 Å². The number of ether oxygens (including phenoxy) is 1. The van der Waals surface area contributed by atoms with E-state index in [1.54, 1.807) is 6.08 Å². The van der Waals surface area contributed by atoms with E-state index in [0.29, 0.717) is 11.5 Å². The summed E-state index contributed by atoms with van der Waals surface area (Å²) in [5.41, 5.74) is 0. The lowest BCUT2D eigenvalue weighted by Crippen LogP contribution is -1.93. The highest BCUT2D eigenvalue weighted by Crippen LogP contribution is 1.96. The molecule has 0 radical (unpaired) electrons. The van der Waals surface area contributed by atoms with E-state index in [1.807, 2.05) is 0 Å². The molecule has 0 aromatic heterocycles. The molecule has 0 rings (SSSR count). The Bertz CT molecular complexity index is 154. The summed E-state index contributed by atoms with van der Waals surface area (Å²) in [5, 5.41) is 0. The molecule has 0 aliphatic carbocycles. The highest BCUT2D eigenvalue weighted by Gasteiger charge is 1.88. The molecule has 0 unspecified atom stereocenters. The molecule has 0 atom stereocenters. The largest absolute Gasteiger partial charge is 0.466 e. The van der Waals surface area contributed by atoms with E-state index < -0.39 is 0 Å². The Hall–Kier alpha value is -0.770. The Morgan fingerprint density at radius 3 is 2.82 bits per heavy atom. The second kappa shape index (κ2) is 7.34. The fourth-order valence-electron chi connectivity index (χ4n) is 0.397. The lowest BCUT2D eigenvalue weighted by molar-refractivity contribution is -0.134. The molecule has 0 N–H and O–H groups in total. The Kier molecular flexibility index (Phi) is 6.82. The van der Waals surface area contributed by atoms with E-state index in [-0.39, 0.29) is 5.97 Å². The third kappa shape index (κ3) is 7.12. The lowest BCUT2D eigenvalue weighted by Gasteiger charge is -1.89. The molecule has 0 aromatic carbocycles. The van der Waals surface area contributed by atoms with Crippen LogP contribution in [-0.2, 0) is 14.3 Å². The van der Waals surface area contributed by atoms with Gasteiger partial charge in [0, 0.05) is 17.6 Å². The molecule has 4 heteroatoms. The molecule has 0 heterocycles. The number of hydrogen-bond acceptors (Lipinski definition) is 4. The number of rotatable bonds is 5. The fourth-order valence-corrected chi connectivity index (χ4v) is 0.861. The third-order valence-corrected chi connectivity index (χ3v) is 1.66. The summed E-state index contributed by atoms with van der Waals surface area (Å²) in [6.45, 7) is 0. The number of carbonyl (C=O) groups excluding carboxylic acids is 2. The van der Waals surface area contributed by atoms with Crippen molar-refractivity contribution in [3.63, 3.8) is 0 Å². The van der Waals surface area contributed by atoms with Crippen LogP contribution in [0.2, 0.25) is 0 Å². The molecule has 0 amide bonds. The first-order valence-electron chi connectivity index (χ1n) is 3.07. The zero-order chi connectivity index (χ0) is 8.53. The van der Waals surface area contributed by atoms with E-state index in [9.17, 15) is 9.59 Å². The van der Waals surface area contributed by atoms with Gasteiger partial charge in [-0.15, -0.1) is 0 Å². The van der Waals surface area contributed by atoms with Crippen LogP contribution < -0.4 is 0 Å². The maximum atomic E-state index is 10.5. The fraction of sp³-hybridized carbons (Fsp3) is 0.429. The molecule has 11 heavy (non-hydrogen) atoms. The van der Waals surface area contributed by atoms with Gasteiger partial charge in [0.1, 0.15) is 6.29 Å². The first-order valence-corrected chi connectivity index (χ1v) is 4.22. The van der Waals surface area contributed by atoms with Crippen LogP contribution in [0.3, 0.4) is 0 Å². The number of methoxy groups -OCH3 is 1. The van der Waals surface area contributed by atoms with Crippen LogP contribution in [0.15, 0.2) is 12.2 Å². The molecule has 0 aliphatic rings. The number of thioether (sulfide) groups is 1. The van der Waals surface area contributed by atoms with Gasteiger partial charge in [0.2, 0.25) is 0 Å². The van der Waals surface area contributed by atoms with Crippen molar-refractivity contribution in [2.75, 3.05) is 18.6 Å². The van der Waals surface area contributed by atoms with Gasteiger partial charge < -0.3 is 9.53 Å². The van der Waals surface area contributed by atoms with E-state index in [0.717, 1.165) is 6.29 Å². The van der Waals surface area contributed by atoms with Gasteiger partial charge in [0.05, 0.1) is 7.11 Å². The minimum absolute atomic E-state index is 0.364. The first-order chi connectivity index (χ1) is 5.31. The second-order valence-corrected chi connectivity index (χ2v) is 2.70. The molecule has 0 saturated carbocycles. The lowest BCUT2D eigenvalue weighted by atomic mass is 10.5. The van der Waals surface area contributed by atoms with Gasteiger partial charge in [0.15, 0.2) is 0 Å². The van der Waals surface area contributed by atoms with Gasteiger partial charge in [-0.05, 0) is 0 Å². The molecule has 3 nitrogen and oxygen atoms in total. The maximum Gasteiger partial charge on any atom is 0.330 e. The molecule has 0 aromatic rings. The highest BCUT2D eigenvalue weighted by atomic mass is 32.2. The van der Waals surface area contributed by atoms with E-state index in [2.05, 4.69) is 4.74 Å². The average molecular weight is 174 g/mol. The molecular weight excluding hydrogens is 164 g/mol. The Morgan fingerprint density at radius 1 is 1.55 bits per heavy atom. The highest BCUT2D eigenvalue weighted by molar-refractivity contribution is 7.99. The molecule has 62 valence electrons. The minimum atomic E-state index is -0.364. The van der Waals surface area contributed by atoms with Gasteiger partial charge in [-0.25, -0.2) is 4.79 Å². The Labute approximate surface area is 69.8 Å². The van der Waals surface area contributed by atoms with Crippen LogP contribution in [0.4, 0.5) is 0 Å². The van der Waals surface area contributed by atoms with E-state index >= 15 is 0 Å². The average Bonchev–Trinajstić information content (AvgIpc) is 2.04. The SMILES string of the molecule is COC(=O)/C=C/CSCC=O. The standard InChI is InChI=1S/C7H10O3S/c1-10-7(9)3-2-5-11-6-4-8/h2-4H,5-6H2,1H3/b3-2+. The van der Waals surface area contributed by atoms with Crippen LogP contribution in [0, 0.1) is 0 Å². The smallest absolute Gasteiger partial charge is 0.330 e. The predicted octanol–water partition coefficient (Wildman–Crippen LogP) is 0.648. The van der Waals surface area contributed by atoms with Crippen molar-refractivity contribution in [3.05, 3.63) is 12.2 Å². The predicted molar refractivity (Wildman–Crippen MR) is 44.5 cm³/mol. The Balaban J connectivity index is 3.29. The summed E-state index contributed by atoms with van der Waals surface area (Å²) in [5.74, 6) is 0.760. The number of hydrogen-bond donors (Lipinski definition) is 0. The van der Waals surface area contributed by atoms with Crippen molar-refractivity contribution in [3.8, 4) is 0 Å². The summed E-state index contributed by atoms with van der Waals surface area (Å²) in [7, 11) is 1.32. The normalized spacial score (nSPS) is 9.91. The number of carbonyl (C=O) groups is 2. The molecular formula is C7H10O3S. The van der Waals surface area contributed by atoms with E-state index in [4.69, 9.17) is 0 Å². The molecule has 0 bridgehead atoms. The number of esters is 1. The monoisotopic (exact) mass is 174 g/mol. The van der Waals surface area contributed by atoms with Crippen molar-refractivity contribution in [1.29, 1.82) is 0 Å². The summed E-state index contributed by atoms with van der Waals surface area (Å²) in [6, 6.07) is 0. The van der Waals surface area contributed by atoms with Crippen LogP contribution in [0.25, 0.3) is 0 Å². The summed E-state index contributed by atoms with van der Waals surface area (Å²) < 4.78 is 4.35. The van der Waals surface area contributed by atoms with Crippen molar-refractivity contribution in [1.82, 2.24) is 0 Å². The van der Waals surface area contributed by atoms with Gasteiger partial charge in [-0.1, -0.05) is 6.08 Å². The second-order valence-electron chi connectivity index (χ2n) is 1.63. The molecule has 0 fully saturated rings. The molecule has 0 saturated heterocycles. The van der Waals surface area contributed by atoms with Crippen molar-refractivity contribution < 1.29 is 14.3 Å². The van der Waals surface area contributed by atoms with Crippen LogP contribution in [0.5, 0.6) is 0 Å². The van der Waals surface area contributed by atoms with Gasteiger partial charge in [-0.3, -0.25) is 0 Å². The van der Waals surface area contributed by atoms with Gasteiger partial charge in [-0.2, -0.15) is 11.8 Å². The van der Waals surface area contributed by atoms with Gasteiger partial charge >= 0.3 is 5.97 Å². The number of aldehydes is 1. The quantitative estimate of drug-likeness (QED) is 0.265. The topological polar surface area (TPSA) is 43.4 Å². The minimum Gasteiger partial charge on any atom is -0.466 e. The summed E-state index contributed by atoms with van der Waals surface area (Å²) in [4.78, 5) is 20.3. The van der Waals surface area contributed by atoms with Crippen molar-refractivity contribution in [2.45, 2.75) is 0 Å². The van der Waals surface area contributed by atoms with Crippen molar-refractivity contribution >= 4 is 24.0 Å². The molecule has 0 aliphatic heterocycles.